The van der Waals surface area contributed by atoms with Crippen LogP contribution in [-0.2, 0) is 0 Å². The van der Waals surface area contributed by atoms with Crippen molar-refractivity contribution in [2.45, 2.75) is 0 Å². The molecule has 0 saturated heterocycles. The van der Waals surface area contributed by atoms with Gasteiger partial charge < -0.3 is 9.90 Å². The summed E-state index contributed by atoms with van der Waals surface area (Å²) in [5.41, 5.74) is 0.220. The molecule has 0 spiro atoms. The molecule has 2 nitrogen and oxygen atoms in total. The molecule has 4 aromatic rings. The van der Waals surface area contributed by atoms with Crippen molar-refractivity contribution in [3.63, 3.8) is 0 Å². The van der Waals surface area contributed by atoms with Crippen LogP contribution in [0.2, 0.25) is 0 Å². The summed E-state index contributed by atoms with van der Waals surface area (Å²) >= 11 is 7.23. The fourth-order valence-corrected chi connectivity index (χ4v) is 6.58. The zero-order chi connectivity index (χ0) is 20.5. The van der Waals surface area contributed by atoms with Gasteiger partial charge in [0.2, 0.25) is 6.62 Å². The zero-order valence-electron chi connectivity index (χ0n) is 15.7. The van der Waals surface area contributed by atoms with Gasteiger partial charge in [-0.15, -0.1) is 0 Å². The molecule has 4 rings (SSSR count). The first-order chi connectivity index (χ1) is 14.1. The van der Waals surface area contributed by atoms with E-state index in [1.165, 1.54) is 28.0 Å². The third-order valence-corrected chi connectivity index (χ3v) is 9.13. The van der Waals surface area contributed by atoms with E-state index in [1.54, 1.807) is 18.2 Å². The lowest BCUT2D eigenvalue weighted by molar-refractivity contribution is -0.255. The minimum atomic E-state index is -2.05. The van der Waals surface area contributed by atoms with E-state index in [2.05, 4.69) is 72.8 Å². The zero-order valence-corrected chi connectivity index (χ0v) is 17.3. The van der Waals surface area contributed by atoms with Crippen molar-refractivity contribution in [1.29, 1.82) is 0 Å². The third kappa shape index (κ3) is 5.12. The Hall–Kier alpha value is -2.93. The number of halogens is 1. The van der Waals surface area contributed by atoms with Crippen molar-refractivity contribution in [2.24, 2.45) is 0 Å². The van der Waals surface area contributed by atoms with Crippen LogP contribution in [0.15, 0.2) is 121 Å². The molecule has 0 unspecified atom stereocenters. The molecule has 0 fully saturated rings. The Bertz CT molecular complexity index is 927. The highest BCUT2D eigenvalue weighted by atomic mass is 35.7. The monoisotopic (exact) mass is 418 g/mol. The standard InChI is InChI=1S/C18H15ClP.C7H6O2/c19-20(16-10-4-1-5-11-16,17-12-6-2-7-13-17)18-14-8-3-9-15-18;8-7(9)6-4-2-1-3-5-6/h1-15H;1-5H,(H,8,9)/q+1;/p-1. The predicted molar refractivity (Wildman–Crippen MR) is 122 cm³/mol. The van der Waals surface area contributed by atoms with Gasteiger partial charge >= 0.3 is 0 Å². The normalized spacial score (nSPS) is 10.5. The van der Waals surface area contributed by atoms with E-state index in [9.17, 15) is 9.90 Å². The van der Waals surface area contributed by atoms with Gasteiger partial charge in [0.25, 0.3) is 0 Å². The van der Waals surface area contributed by atoms with Crippen molar-refractivity contribution in [1.82, 2.24) is 0 Å². The Morgan fingerprint density at radius 1 is 0.552 bits per heavy atom. The maximum atomic E-state index is 10.1. The highest BCUT2D eigenvalue weighted by molar-refractivity contribution is 8.14. The molecular formula is C25H20ClO2P. The molecule has 0 aliphatic heterocycles. The molecule has 0 saturated carbocycles. The van der Waals surface area contributed by atoms with Crippen LogP contribution in [0.5, 0.6) is 0 Å². The van der Waals surface area contributed by atoms with Gasteiger partial charge in [0.15, 0.2) is 0 Å². The Balaban J connectivity index is 0.000000224. The maximum absolute atomic E-state index is 10.1. The quantitative estimate of drug-likeness (QED) is 0.466. The van der Waals surface area contributed by atoms with Crippen LogP contribution in [0, 0.1) is 0 Å². The number of hydrogen-bond donors (Lipinski definition) is 0. The van der Waals surface area contributed by atoms with Crippen LogP contribution in [0.25, 0.3) is 0 Å². The first-order valence-electron chi connectivity index (χ1n) is 9.14. The molecule has 0 radical (unpaired) electrons. The second-order valence-electron chi connectivity index (χ2n) is 6.25. The molecule has 0 aromatic heterocycles. The summed E-state index contributed by atoms with van der Waals surface area (Å²) in [4.78, 5) is 10.1. The summed E-state index contributed by atoms with van der Waals surface area (Å²) in [6, 6.07) is 39.2. The number of carbonyl (C=O) groups excluding carboxylic acids is 1. The fourth-order valence-electron chi connectivity index (χ4n) is 2.92. The highest BCUT2D eigenvalue weighted by Crippen LogP contribution is 2.60. The van der Waals surface area contributed by atoms with Crippen molar-refractivity contribution in [3.05, 3.63) is 127 Å². The van der Waals surface area contributed by atoms with Crippen LogP contribution >= 0.6 is 17.9 Å². The van der Waals surface area contributed by atoms with E-state index < -0.39 is 12.6 Å². The molecule has 4 heteroatoms. The molecular weight excluding hydrogens is 399 g/mol. The summed E-state index contributed by atoms with van der Waals surface area (Å²) in [6.45, 7) is -2.05. The second-order valence-corrected chi connectivity index (χ2v) is 10.5. The van der Waals surface area contributed by atoms with E-state index in [0.29, 0.717) is 0 Å². The number of carboxylic acid groups (broad SMARTS) is 1. The number of hydrogen-bond acceptors (Lipinski definition) is 2. The Morgan fingerprint density at radius 3 is 1.07 bits per heavy atom. The summed E-state index contributed by atoms with van der Waals surface area (Å²) < 4.78 is 0. The lowest BCUT2D eigenvalue weighted by Gasteiger charge is -2.18. The van der Waals surface area contributed by atoms with Gasteiger partial charge in [-0.25, -0.2) is 0 Å². The summed E-state index contributed by atoms with van der Waals surface area (Å²) in [7, 11) is 0. The fraction of sp³-hybridized carbons (Fsp3) is 0. The largest absolute Gasteiger partial charge is 0.545 e. The topological polar surface area (TPSA) is 40.1 Å². The van der Waals surface area contributed by atoms with Crippen LogP contribution < -0.4 is 21.0 Å². The third-order valence-electron chi connectivity index (χ3n) is 4.35. The minimum absolute atomic E-state index is 0.220. The van der Waals surface area contributed by atoms with Gasteiger partial charge in [-0.05, 0) is 42.0 Å². The Labute approximate surface area is 176 Å². The molecule has 0 atom stereocenters. The molecule has 0 aliphatic rings. The Morgan fingerprint density at radius 2 is 0.828 bits per heavy atom. The number of benzene rings is 4. The molecule has 0 amide bonds. The molecule has 0 N–H and O–H groups in total. The average molecular weight is 419 g/mol. The molecule has 29 heavy (non-hydrogen) atoms. The molecule has 0 bridgehead atoms. The highest BCUT2D eigenvalue weighted by Gasteiger charge is 2.44. The van der Waals surface area contributed by atoms with E-state index >= 15 is 0 Å². The van der Waals surface area contributed by atoms with Gasteiger partial charge in [0.05, 0.1) is 5.97 Å². The van der Waals surface area contributed by atoms with Gasteiger partial charge in [-0.2, -0.15) is 0 Å². The van der Waals surface area contributed by atoms with Crippen LogP contribution in [0.1, 0.15) is 10.4 Å². The van der Waals surface area contributed by atoms with Gasteiger partial charge in [0, 0.05) is 0 Å². The smallest absolute Gasteiger partial charge is 0.210 e. The first kappa shape index (κ1) is 20.8. The first-order valence-corrected chi connectivity index (χ1v) is 11.8. The molecule has 144 valence electrons. The SMILES string of the molecule is Cl[P+](c1ccccc1)(c1ccccc1)c1ccccc1.O=C([O-])c1ccccc1. The average Bonchev–Trinajstić information content (AvgIpc) is 2.81. The number of carbonyl (C=O) groups is 1. The van der Waals surface area contributed by atoms with Crippen molar-refractivity contribution in [2.75, 3.05) is 0 Å². The maximum Gasteiger partial charge on any atom is 0.210 e. The summed E-state index contributed by atoms with van der Waals surface area (Å²) in [5, 5.41) is 13.7. The van der Waals surface area contributed by atoms with Crippen molar-refractivity contribution >= 4 is 39.7 Å². The van der Waals surface area contributed by atoms with Crippen LogP contribution in [0.4, 0.5) is 0 Å². The summed E-state index contributed by atoms with van der Waals surface area (Å²) in [5.74, 6) is -1.13. The van der Waals surface area contributed by atoms with E-state index in [1.807, 2.05) is 18.2 Å². The van der Waals surface area contributed by atoms with Crippen LogP contribution in [0.3, 0.4) is 0 Å². The van der Waals surface area contributed by atoms with E-state index in [-0.39, 0.29) is 5.56 Å². The number of rotatable bonds is 4. The van der Waals surface area contributed by atoms with E-state index in [4.69, 9.17) is 11.2 Å². The predicted octanol–water partition coefficient (Wildman–Crippen LogP) is 4.18. The lowest BCUT2D eigenvalue weighted by atomic mass is 10.2. The van der Waals surface area contributed by atoms with Gasteiger partial charge in [-0.1, -0.05) is 84.9 Å². The number of aromatic carboxylic acids is 1. The lowest BCUT2D eigenvalue weighted by Crippen LogP contribution is -2.26. The van der Waals surface area contributed by atoms with Crippen molar-refractivity contribution in [3.8, 4) is 0 Å². The Kier molecular flexibility index (Phi) is 7.19. The van der Waals surface area contributed by atoms with Gasteiger partial charge in [0.1, 0.15) is 27.2 Å². The van der Waals surface area contributed by atoms with Crippen LogP contribution in [-0.4, -0.2) is 5.97 Å². The van der Waals surface area contributed by atoms with E-state index in [0.717, 1.165) is 0 Å². The second kappa shape index (κ2) is 10.0. The molecule has 0 heterocycles. The number of carboxylic acids is 1. The van der Waals surface area contributed by atoms with Crippen molar-refractivity contribution < 1.29 is 9.90 Å². The molecule has 4 aromatic carbocycles. The summed E-state index contributed by atoms with van der Waals surface area (Å²) in [6.07, 6.45) is 0. The molecule has 0 aliphatic carbocycles. The minimum Gasteiger partial charge on any atom is -0.545 e. The van der Waals surface area contributed by atoms with Gasteiger partial charge in [-0.3, -0.25) is 0 Å².